The van der Waals surface area contributed by atoms with E-state index in [0.29, 0.717) is 5.92 Å². The molecule has 118 valence electrons. The summed E-state index contributed by atoms with van der Waals surface area (Å²) in [6.07, 6.45) is 9.44. The Bertz CT molecular complexity index is 423. The minimum Gasteiger partial charge on any atom is -0.342 e. The first kappa shape index (κ1) is 14.9. The summed E-state index contributed by atoms with van der Waals surface area (Å²) in [5.41, 5.74) is -0.697. The second-order valence-corrected chi connectivity index (χ2v) is 7.63. The second-order valence-electron chi connectivity index (χ2n) is 7.63. The van der Waals surface area contributed by atoms with Crippen LogP contribution in [0.5, 0.6) is 0 Å². The fourth-order valence-corrected chi connectivity index (χ4v) is 3.84. The van der Waals surface area contributed by atoms with Crippen LogP contribution in [0, 0.1) is 11.8 Å². The van der Waals surface area contributed by atoms with E-state index in [1.165, 1.54) is 32.1 Å². The molecule has 1 heterocycles. The molecule has 1 unspecified atom stereocenters. The zero-order valence-electron chi connectivity index (χ0n) is 13.4. The summed E-state index contributed by atoms with van der Waals surface area (Å²) in [7, 11) is 0. The molecule has 1 aliphatic heterocycles. The number of nitrogens with zero attached hydrogens (tertiary/aromatic N) is 1. The van der Waals surface area contributed by atoms with Gasteiger partial charge in [-0.15, -0.1) is 0 Å². The van der Waals surface area contributed by atoms with Gasteiger partial charge in [0.2, 0.25) is 11.8 Å². The molecular weight excluding hydrogens is 264 g/mol. The number of rotatable bonds is 4. The molecule has 0 aromatic rings. The standard InChI is InChI=1S/C17H28N2O2/c1-17(2)16(21)18-14(13-6-4-3-5-7-13)15(20)19(17)11-10-12-8-9-12/h12-14H,3-11H2,1-2H3,(H,18,21). The topological polar surface area (TPSA) is 49.4 Å². The molecule has 2 saturated carbocycles. The van der Waals surface area contributed by atoms with Crippen molar-refractivity contribution in [1.29, 1.82) is 0 Å². The van der Waals surface area contributed by atoms with Crippen molar-refractivity contribution in [1.82, 2.24) is 10.2 Å². The van der Waals surface area contributed by atoms with Crippen molar-refractivity contribution in [3.05, 3.63) is 0 Å². The molecule has 2 amide bonds. The molecule has 1 saturated heterocycles. The van der Waals surface area contributed by atoms with E-state index in [0.717, 1.165) is 31.7 Å². The Morgan fingerprint density at radius 2 is 1.76 bits per heavy atom. The van der Waals surface area contributed by atoms with Crippen molar-refractivity contribution < 1.29 is 9.59 Å². The zero-order chi connectivity index (χ0) is 15.0. The first-order valence-corrected chi connectivity index (χ1v) is 8.62. The fourth-order valence-electron chi connectivity index (χ4n) is 3.84. The molecule has 3 fully saturated rings. The molecule has 1 atom stereocenters. The van der Waals surface area contributed by atoms with Crippen LogP contribution < -0.4 is 5.32 Å². The van der Waals surface area contributed by atoms with Crippen LogP contribution in [0.3, 0.4) is 0 Å². The first-order chi connectivity index (χ1) is 10.00. The van der Waals surface area contributed by atoms with E-state index in [-0.39, 0.29) is 17.9 Å². The van der Waals surface area contributed by atoms with E-state index in [9.17, 15) is 9.59 Å². The van der Waals surface area contributed by atoms with Crippen LogP contribution >= 0.6 is 0 Å². The maximum absolute atomic E-state index is 12.9. The molecule has 21 heavy (non-hydrogen) atoms. The maximum Gasteiger partial charge on any atom is 0.246 e. The van der Waals surface area contributed by atoms with Crippen molar-refractivity contribution in [2.75, 3.05) is 6.54 Å². The molecule has 0 aromatic carbocycles. The molecule has 0 radical (unpaired) electrons. The third kappa shape index (κ3) is 2.95. The zero-order valence-corrected chi connectivity index (χ0v) is 13.4. The van der Waals surface area contributed by atoms with Gasteiger partial charge in [0, 0.05) is 6.54 Å². The Kier molecular flexibility index (Phi) is 3.98. The Balaban J connectivity index is 1.73. The van der Waals surface area contributed by atoms with Gasteiger partial charge in [0.05, 0.1) is 0 Å². The summed E-state index contributed by atoms with van der Waals surface area (Å²) >= 11 is 0. The van der Waals surface area contributed by atoms with Crippen LogP contribution in [-0.4, -0.2) is 34.8 Å². The van der Waals surface area contributed by atoms with Gasteiger partial charge in [-0.1, -0.05) is 32.1 Å². The van der Waals surface area contributed by atoms with Crippen LogP contribution in [0.1, 0.15) is 65.2 Å². The third-order valence-electron chi connectivity index (χ3n) is 5.63. The molecule has 4 nitrogen and oxygen atoms in total. The van der Waals surface area contributed by atoms with Gasteiger partial charge >= 0.3 is 0 Å². The smallest absolute Gasteiger partial charge is 0.246 e. The van der Waals surface area contributed by atoms with E-state index in [1.807, 2.05) is 18.7 Å². The number of amides is 2. The lowest BCUT2D eigenvalue weighted by Crippen LogP contribution is -2.70. The van der Waals surface area contributed by atoms with Crippen LogP contribution in [0.2, 0.25) is 0 Å². The average molecular weight is 292 g/mol. The monoisotopic (exact) mass is 292 g/mol. The molecule has 1 N–H and O–H groups in total. The van der Waals surface area contributed by atoms with E-state index in [2.05, 4.69) is 5.32 Å². The van der Waals surface area contributed by atoms with E-state index in [1.54, 1.807) is 0 Å². The number of carbonyl (C=O) groups excluding carboxylic acids is 2. The van der Waals surface area contributed by atoms with Crippen LogP contribution in [0.15, 0.2) is 0 Å². The SMILES string of the molecule is CC1(C)C(=O)NC(C2CCCCC2)C(=O)N1CCC1CC1. The highest BCUT2D eigenvalue weighted by Crippen LogP contribution is 2.35. The lowest BCUT2D eigenvalue weighted by atomic mass is 9.81. The Labute approximate surface area is 127 Å². The summed E-state index contributed by atoms with van der Waals surface area (Å²) in [4.78, 5) is 27.3. The number of piperazine rings is 1. The highest BCUT2D eigenvalue weighted by molar-refractivity contribution is 5.99. The van der Waals surface area contributed by atoms with Crippen LogP contribution in [0.4, 0.5) is 0 Å². The minimum absolute atomic E-state index is 0.0217. The molecule has 3 aliphatic rings. The molecule has 2 aliphatic carbocycles. The summed E-state index contributed by atoms with van der Waals surface area (Å²) in [5.74, 6) is 1.31. The Morgan fingerprint density at radius 1 is 1.10 bits per heavy atom. The van der Waals surface area contributed by atoms with E-state index < -0.39 is 5.54 Å². The fraction of sp³-hybridized carbons (Fsp3) is 0.882. The van der Waals surface area contributed by atoms with Crippen LogP contribution in [0.25, 0.3) is 0 Å². The third-order valence-corrected chi connectivity index (χ3v) is 5.63. The van der Waals surface area contributed by atoms with Gasteiger partial charge < -0.3 is 10.2 Å². The van der Waals surface area contributed by atoms with Gasteiger partial charge in [-0.2, -0.15) is 0 Å². The van der Waals surface area contributed by atoms with Crippen molar-refractivity contribution in [2.24, 2.45) is 11.8 Å². The normalized spacial score (nSPS) is 30.4. The molecule has 3 rings (SSSR count). The highest BCUT2D eigenvalue weighted by Gasteiger charge is 2.48. The van der Waals surface area contributed by atoms with Gasteiger partial charge in [0.15, 0.2) is 0 Å². The summed E-state index contributed by atoms with van der Waals surface area (Å²) in [5, 5.41) is 3.03. The predicted octanol–water partition coefficient (Wildman–Crippen LogP) is 2.47. The Morgan fingerprint density at radius 3 is 2.38 bits per heavy atom. The summed E-state index contributed by atoms with van der Waals surface area (Å²) < 4.78 is 0. The van der Waals surface area contributed by atoms with Crippen molar-refractivity contribution in [2.45, 2.75) is 76.8 Å². The van der Waals surface area contributed by atoms with Gasteiger partial charge in [0.25, 0.3) is 0 Å². The number of nitrogens with one attached hydrogen (secondary N) is 1. The van der Waals surface area contributed by atoms with Gasteiger partial charge in [-0.3, -0.25) is 9.59 Å². The lowest BCUT2D eigenvalue weighted by Gasteiger charge is -2.46. The van der Waals surface area contributed by atoms with Gasteiger partial charge in [-0.05, 0) is 44.9 Å². The number of hydrogen-bond acceptors (Lipinski definition) is 2. The van der Waals surface area contributed by atoms with Gasteiger partial charge in [-0.25, -0.2) is 0 Å². The summed E-state index contributed by atoms with van der Waals surface area (Å²) in [6.45, 7) is 4.50. The highest BCUT2D eigenvalue weighted by atomic mass is 16.2. The Hall–Kier alpha value is -1.06. The van der Waals surface area contributed by atoms with Crippen molar-refractivity contribution >= 4 is 11.8 Å². The number of hydrogen-bond donors (Lipinski definition) is 1. The predicted molar refractivity (Wildman–Crippen MR) is 81.6 cm³/mol. The van der Waals surface area contributed by atoms with E-state index in [4.69, 9.17) is 0 Å². The van der Waals surface area contributed by atoms with Crippen LogP contribution in [-0.2, 0) is 9.59 Å². The van der Waals surface area contributed by atoms with E-state index >= 15 is 0 Å². The van der Waals surface area contributed by atoms with Crippen molar-refractivity contribution in [3.8, 4) is 0 Å². The average Bonchev–Trinajstić information content (AvgIpc) is 3.28. The molecular formula is C17H28N2O2. The number of carbonyl (C=O) groups is 2. The molecule has 4 heteroatoms. The molecule has 0 spiro atoms. The molecule has 0 bridgehead atoms. The lowest BCUT2D eigenvalue weighted by molar-refractivity contribution is -0.157. The molecule has 0 aromatic heterocycles. The quantitative estimate of drug-likeness (QED) is 0.865. The summed E-state index contributed by atoms with van der Waals surface area (Å²) in [6, 6.07) is -0.273. The minimum atomic E-state index is -0.697. The maximum atomic E-state index is 12.9. The van der Waals surface area contributed by atoms with Crippen molar-refractivity contribution in [3.63, 3.8) is 0 Å². The first-order valence-electron chi connectivity index (χ1n) is 8.62. The van der Waals surface area contributed by atoms with Gasteiger partial charge in [0.1, 0.15) is 11.6 Å². The largest absolute Gasteiger partial charge is 0.342 e. The second kappa shape index (κ2) is 5.62.